The number of carbonyl (C=O) groups excluding carboxylic acids is 3. The minimum atomic E-state index is -4.07. The number of sulfonamides is 1. The van der Waals surface area contributed by atoms with Crippen molar-refractivity contribution >= 4 is 33.5 Å². The monoisotopic (exact) mass is 441 g/mol. The third-order valence-corrected chi connectivity index (χ3v) is 6.17. The molecule has 9 heteroatoms. The van der Waals surface area contributed by atoms with Gasteiger partial charge in [0.15, 0.2) is 11.5 Å². The molecule has 0 aliphatic carbocycles. The molecule has 2 aromatic carbocycles. The Morgan fingerprint density at radius 3 is 2.29 bits per heavy atom. The number of allylic oxidation sites excluding steroid dienone is 1. The number of para-hydroxylation sites is 1. The Hall–Kier alpha value is -3.72. The quantitative estimate of drug-likeness (QED) is 0.385. The molecule has 1 aliphatic rings. The number of esters is 2. The zero-order chi connectivity index (χ0) is 22.8. The molecule has 2 aromatic rings. The van der Waals surface area contributed by atoms with E-state index in [1.54, 1.807) is 18.2 Å². The van der Waals surface area contributed by atoms with Gasteiger partial charge in [0.2, 0.25) is 0 Å². The Bertz CT molecular complexity index is 1230. The first-order chi connectivity index (χ1) is 14.7. The van der Waals surface area contributed by atoms with Crippen LogP contribution < -0.4 is 4.74 Å². The summed E-state index contributed by atoms with van der Waals surface area (Å²) in [4.78, 5) is 36.7. The van der Waals surface area contributed by atoms with Crippen LogP contribution in [-0.4, -0.2) is 37.0 Å². The topological polar surface area (TPSA) is 107 Å². The second-order valence-electron chi connectivity index (χ2n) is 6.53. The van der Waals surface area contributed by atoms with Crippen LogP contribution in [0.1, 0.15) is 29.8 Å². The van der Waals surface area contributed by atoms with Gasteiger partial charge < -0.3 is 9.47 Å². The minimum absolute atomic E-state index is 0.0235. The lowest BCUT2D eigenvalue weighted by molar-refractivity contribution is -0.131. The number of ketones is 1. The molecule has 0 radical (unpaired) electrons. The average molecular weight is 441 g/mol. The highest BCUT2D eigenvalue weighted by molar-refractivity contribution is 7.89. The van der Waals surface area contributed by atoms with E-state index in [0.29, 0.717) is 0 Å². The van der Waals surface area contributed by atoms with E-state index in [1.165, 1.54) is 50.3 Å². The molecular weight excluding hydrogens is 422 g/mol. The second-order valence-corrected chi connectivity index (χ2v) is 8.36. The number of Topliss-reactive ketones (excluding diaryl/α,β-unsaturated/α-hetero) is 1. The molecule has 31 heavy (non-hydrogen) atoms. The standard InChI is InChI=1S/C22H19NO7S/c1-4-13-23-20(14(2)24)21(17-10-6-8-12-19(17)31(23,27)28)30-22(26)16-9-5-7-11-18(16)29-15(3)25/h4-12H,1,13H2,2-3H3. The number of hydrogen-bond acceptors (Lipinski definition) is 7. The number of ether oxygens (including phenoxy) is 2. The zero-order valence-electron chi connectivity index (χ0n) is 16.8. The van der Waals surface area contributed by atoms with Gasteiger partial charge in [0.05, 0.1) is 11.4 Å². The van der Waals surface area contributed by atoms with Crippen LogP contribution >= 0.6 is 0 Å². The molecule has 0 fully saturated rings. The first-order valence-corrected chi connectivity index (χ1v) is 10.6. The summed E-state index contributed by atoms with van der Waals surface area (Å²) in [5.74, 6) is -2.39. The van der Waals surface area contributed by atoms with Crippen LogP contribution in [0.2, 0.25) is 0 Å². The second kappa shape index (κ2) is 8.57. The first kappa shape index (κ1) is 22.0. The molecule has 0 saturated heterocycles. The van der Waals surface area contributed by atoms with Crippen LogP contribution in [0.25, 0.3) is 5.76 Å². The smallest absolute Gasteiger partial charge is 0.347 e. The fourth-order valence-corrected chi connectivity index (χ4v) is 4.81. The summed E-state index contributed by atoms with van der Waals surface area (Å²) in [7, 11) is -4.07. The number of hydrogen-bond donors (Lipinski definition) is 0. The number of benzene rings is 2. The van der Waals surface area contributed by atoms with Crippen molar-refractivity contribution in [2.75, 3.05) is 6.54 Å². The van der Waals surface area contributed by atoms with E-state index in [0.717, 1.165) is 4.31 Å². The summed E-state index contributed by atoms with van der Waals surface area (Å²) in [6, 6.07) is 11.8. The Balaban J connectivity index is 2.19. The maximum atomic E-state index is 13.1. The van der Waals surface area contributed by atoms with Gasteiger partial charge in [0.25, 0.3) is 10.0 Å². The van der Waals surface area contributed by atoms with Gasteiger partial charge in [-0.05, 0) is 24.3 Å². The first-order valence-electron chi connectivity index (χ1n) is 9.16. The van der Waals surface area contributed by atoms with Crippen molar-refractivity contribution in [2.24, 2.45) is 0 Å². The molecule has 0 bridgehead atoms. The molecule has 1 heterocycles. The van der Waals surface area contributed by atoms with Crippen molar-refractivity contribution in [1.29, 1.82) is 0 Å². The molecule has 0 amide bonds. The Morgan fingerprint density at radius 2 is 1.65 bits per heavy atom. The van der Waals surface area contributed by atoms with Crippen LogP contribution in [0.5, 0.6) is 5.75 Å². The van der Waals surface area contributed by atoms with E-state index >= 15 is 0 Å². The molecule has 0 unspecified atom stereocenters. The van der Waals surface area contributed by atoms with Gasteiger partial charge >= 0.3 is 11.9 Å². The van der Waals surface area contributed by atoms with Gasteiger partial charge in [-0.2, -0.15) is 0 Å². The van der Waals surface area contributed by atoms with E-state index in [-0.39, 0.29) is 39.8 Å². The summed E-state index contributed by atoms with van der Waals surface area (Å²) in [6.45, 7) is 5.71. The van der Waals surface area contributed by atoms with E-state index in [9.17, 15) is 22.8 Å². The van der Waals surface area contributed by atoms with Crippen molar-refractivity contribution in [1.82, 2.24) is 4.31 Å². The normalized spacial score (nSPS) is 14.5. The van der Waals surface area contributed by atoms with Crippen LogP contribution in [0, 0.1) is 0 Å². The summed E-state index contributed by atoms with van der Waals surface area (Å²) in [5, 5.41) is 0. The Labute approximate surface area is 179 Å². The van der Waals surface area contributed by atoms with Crippen molar-refractivity contribution in [3.8, 4) is 5.75 Å². The molecule has 160 valence electrons. The van der Waals surface area contributed by atoms with Gasteiger partial charge in [0, 0.05) is 19.4 Å². The maximum absolute atomic E-state index is 13.1. The predicted octanol–water partition coefficient (Wildman–Crippen LogP) is 2.92. The largest absolute Gasteiger partial charge is 0.426 e. The molecule has 0 N–H and O–H groups in total. The lowest BCUT2D eigenvalue weighted by Gasteiger charge is -2.31. The van der Waals surface area contributed by atoms with Crippen molar-refractivity contribution in [3.05, 3.63) is 78.0 Å². The van der Waals surface area contributed by atoms with Crippen molar-refractivity contribution in [2.45, 2.75) is 18.7 Å². The van der Waals surface area contributed by atoms with Gasteiger partial charge in [0.1, 0.15) is 17.0 Å². The van der Waals surface area contributed by atoms with Crippen LogP contribution in [0.3, 0.4) is 0 Å². The van der Waals surface area contributed by atoms with Gasteiger partial charge in [-0.1, -0.05) is 30.3 Å². The van der Waals surface area contributed by atoms with Crippen molar-refractivity contribution < 1.29 is 32.3 Å². The van der Waals surface area contributed by atoms with Crippen LogP contribution in [0.4, 0.5) is 0 Å². The number of rotatable bonds is 6. The third-order valence-electron chi connectivity index (χ3n) is 4.35. The maximum Gasteiger partial charge on any atom is 0.347 e. The van der Waals surface area contributed by atoms with E-state index in [2.05, 4.69) is 6.58 Å². The summed E-state index contributed by atoms with van der Waals surface area (Å²) < 4.78 is 37.6. The van der Waals surface area contributed by atoms with Gasteiger partial charge in [-0.25, -0.2) is 13.2 Å². The van der Waals surface area contributed by atoms with Crippen molar-refractivity contribution in [3.63, 3.8) is 0 Å². The van der Waals surface area contributed by atoms with Gasteiger partial charge in [-0.15, -0.1) is 6.58 Å². The predicted molar refractivity (Wildman–Crippen MR) is 111 cm³/mol. The van der Waals surface area contributed by atoms with E-state index < -0.39 is 27.7 Å². The summed E-state index contributed by atoms with van der Waals surface area (Å²) in [6.07, 6.45) is 1.32. The van der Waals surface area contributed by atoms with Gasteiger partial charge in [-0.3, -0.25) is 13.9 Å². The van der Waals surface area contributed by atoms with E-state index in [1.807, 2.05) is 0 Å². The molecule has 1 aliphatic heterocycles. The molecule has 0 aromatic heterocycles. The zero-order valence-corrected chi connectivity index (χ0v) is 17.6. The number of nitrogens with zero attached hydrogens (tertiary/aromatic N) is 1. The minimum Gasteiger partial charge on any atom is -0.426 e. The molecule has 0 saturated carbocycles. The molecular formula is C22H19NO7S. The summed E-state index contributed by atoms with van der Waals surface area (Å²) in [5.41, 5.74) is -0.280. The Kier molecular flexibility index (Phi) is 6.07. The lowest BCUT2D eigenvalue weighted by Crippen LogP contribution is -2.38. The molecule has 0 atom stereocenters. The van der Waals surface area contributed by atoms with Crippen LogP contribution in [0.15, 0.2) is 71.8 Å². The highest BCUT2D eigenvalue weighted by Crippen LogP contribution is 2.38. The highest BCUT2D eigenvalue weighted by Gasteiger charge is 2.40. The fourth-order valence-electron chi connectivity index (χ4n) is 3.13. The molecule has 3 rings (SSSR count). The SMILES string of the molecule is C=CCN1C(C(C)=O)=C(OC(=O)c2ccccc2OC(C)=O)c2ccccc2S1(=O)=O. The lowest BCUT2D eigenvalue weighted by atomic mass is 10.1. The highest BCUT2D eigenvalue weighted by atomic mass is 32.2. The fraction of sp³-hybridized carbons (Fsp3) is 0.136. The summed E-state index contributed by atoms with van der Waals surface area (Å²) >= 11 is 0. The van der Waals surface area contributed by atoms with Crippen LogP contribution in [-0.2, 0) is 24.3 Å². The Morgan fingerprint density at radius 1 is 1.00 bits per heavy atom. The molecule has 0 spiro atoms. The average Bonchev–Trinajstić information content (AvgIpc) is 2.71. The van der Waals surface area contributed by atoms with E-state index in [4.69, 9.17) is 9.47 Å². The third kappa shape index (κ3) is 4.13. The number of carbonyl (C=O) groups is 3. The number of fused-ring (bicyclic) bond motifs is 1. The molecule has 8 nitrogen and oxygen atoms in total.